The van der Waals surface area contributed by atoms with Crippen LogP contribution in [0.15, 0.2) is 34.0 Å². The largest absolute Gasteiger partial charge is 0.593 e. The van der Waals surface area contributed by atoms with Gasteiger partial charge in [0, 0.05) is 45.2 Å². The van der Waals surface area contributed by atoms with Gasteiger partial charge < -0.3 is 9.87 Å². The summed E-state index contributed by atoms with van der Waals surface area (Å²) >= 11 is 0. The maximum Gasteiger partial charge on any atom is 0.345 e. The van der Waals surface area contributed by atoms with Crippen LogP contribution in [0.25, 0.3) is 0 Å². The molecule has 0 aliphatic carbocycles. The Hall–Kier alpha value is -2.34. The van der Waals surface area contributed by atoms with Crippen molar-refractivity contribution in [2.45, 2.75) is 50.6 Å². The number of hydrogen-bond acceptors (Lipinski definition) is 6. The fourth-order valence-electron chi connectivity index (χ4n) is 4.30. The number of nitrogens with zero attached hydrogens (tertiary/aromatic N) is 5. The zero-order valence-electron chi connectivity index (χ0n) is 18.4. The number of nitrogens with one attached hydrogen (secondary N) is 1. The molecule has 1 amide bonds. The molecular formula is C21H30N6O4S. The van der Waals surface area contributed by atoms with E-state index in [1.165, 1.54) is 23.4 Å². The number of carbonyl (C=O) groups is 1. The van der Waals surface area contributed by atoms with Gasteiger partial charge in [0.05, 0.1) is 13.1 Å². The maximum absolute atomic E-state index is 13.1. The second-order valence-corrected chi connectivity index (χ2v) is 10.3. The fraction of sp³-hybridized carbons (Fsp3) is 0.571. The highest BCUT2D eigenvalue weighted by atomic mass is 32.3. The van der Waals surface area contributed by atoms with E-state index >= 15 is 0 Å². The third-order valence-electron chi connectivity index (χ3n) is 6.02. The molecule has 1 N–H and O–H groups in total. The van der Waals surface area contributed by atoms with Gasteiger partial charge in [-0.2, -0.15) is 5.10 Å². The van der Waals surface area contributed by atoms with E-state index in [0.717, 1.165) is 44.6 Å². The highest BCUT2D eigenvalue weighted by Gasteiger charge is 2.32. The molecule has 1 atom stereocenters. The zero-order chi connectivity index (χ0) is 22.7. The minimum absolute atomic E-state index is 0.0403. The number of aryl methyl sites for hydroxylation is 1. The normalized spacial score (nSPS) is 19.7. The van der Waals surface area contributed by atoms with Crippen molar-refractivity contribution in [3.05, 3.63) is 40.6 Å². The second-order valence-electron chi connectivity index (χ2n) is 8.34. The average Bonchev–Trinajstić information content (AvgIpc) is 2.93. The van der Waals surface area contributed by atoms with Crippen LogP contribution in [0.2, 0.25) is 0 Å². The summed E-state index contributed by atoms with van der Waals surface area (Å²) in [7, 11) is -3.61. The van der Waals surface area contributed by atoms with Crippen LogP contribution >= 0.6 is 0 Å². The molecule has 2 aliphatic heterocycles. The van der Waals surface area contributed by atoms with Crippen molar-refractivity contribution in [1.82, 2.24) is 23.6 Å². The highest BCUT2D eigenvalue weighted by molar-refractivity contribution is 7.95. The predicted molar refractivity (Wildman–Crippen MR) is 120 cm³/mol. The van der Waals surface area contributed by atoms with Crippen LogP contribution in [0.3, 0.4) is 0 Å². The molecule has 10 nitrogen and oxygen atoms in total. The van der Waals surface area contributed by atoms with E-state index in [4.69, 9.17) is 0 Å². The zero-order valence-corrected chi connectivity index (χ0v) is 19.2. The van der Waals surface area contributed by atoms with E-state index in [2.05, 4.69) is 15.3 Å². The highest BCUT2D eigenvalue weighted by Crippen LogP contribution is 2.24. The van der Waals surface area contributed by atoms with E-state index in [-0.39, 0.29) is 16.5 Å². The summed E-state index contributed by atoms with van der Waals surface area (Å²) in [6, 6.07) is 6.24. The van der Waals surface area contributed by atoms with Gasteiger partial charge in [0.1, 0.15) is 5.82 Å². The summed E-state index contributed by atoms with van der Waals surface area (Å²) in [4.78, 5) is 26.1. The fourth-order valence-corrected chi connectivity index (χ4v) is 5.77. The van der Waals surface area contributed by atoms with Crippen LogP contribution in [-0.4, -0.2) is 66.7 Å². The number of anilines is 1. The third kappa shape index (κ3) is 5.01. The van der Waals surface area contributed by atoms with Crippen LogP contribution in [0.1, 0.15) is 32.0 Å². The van der Waals surface area contributed by atoms with Gasteiger partial charge in [0.2, 0.25) is 5.91 Å². The van der Waals surface area contributed by atoms with Gasteiger partial charge in [0.25, 0.3) is 0 Å². The van der Waals surface area contributed by atoms with Crippen LogP contribution in [0.4, 0.5) is 5.69 Å². The van der Waals surface area contributed by atoms with E-state index in [1.54, 1.807) is 21.4 Å². The molecule has 0 spiro atoms. The number of aromatic nitrogens is 3. The van der Waals surface area contributed by atoms with Crippen molar-refractivity contribution in [1.29, 1.82) is 0 Å². The molecule has 2 aliphatic rings. The molecule has 0 saturated carbocycles. The van der Waals surface area contributed by atoms with Crippen LogP contribution in [-0.2, 0) is 38.9 Å². The lowest BCUT2D eigenvalue weighted by atomic mass is 10.2. The van der Waals surface area contributed by atoms with E-state index in [9.17, 15) is 18.4 Å². The number of fused-ring (bicyclic) bond motifs is 1. The smallest absolute Gasteiger partial charge is 0.345 e. The number of hydrogen-bond donors (Lipinski definition) is 1. The molecule has 2 aromatic rings. The Morgan fingerprint density at radius 1 is 1.06 bits per heavy atom. The maximum atomic E-state index is 13.1. The molecule has 3 heterocycles. The van der Waals surface area contributed by atoms with E-state index in [1.807, 2.05) is 0 Å². The van der Waals surface area contributed by atoms with Crippen molar-refractivity contribution in [2.24, 2.45) is 0 Å². The summed E-state index contributed by atoms with van der Waals surface area (Å²) in [6.07, 6.45) is 3.66. The first-order valence-corrected chi connectivity index (χ1v) is 12.6. The first-order chi connectivity index (χ1) is 15.3. The summed E-state index contributed by atoms with van der Waals surface area (Å²) < 4.78 is 31.0. The number of sulfonamides is 1. The van der Waals surface area contributed by atoms with Crippen molar-refractivity contribution in [2.75, 3.05) is 38.0 Å². The van der Waals surface area contributed by atoms with Gasteiger partial charge in [-0.3, -0.25) is 14.3 Å². The van der Waals surface area contributed by atoms with Crippen LogP contribution in [0.5, 0.6) is 0 Å². The monoisotopic (exact) mass is 462 g/mol. The number of carbonyl (C=O) groups excluding carboxylic acids is 1. The minimum Gasteiger partial charge on any atom is -0.593 e. The number of benzene rings is 1. The Kier molecular flexibility index (Phi) is 6.89. The Morgan fingerprint density at radius 2 is 1.84 bits per heavy atom. The molecule has 32 heavy (non-hydrogen) atoms. The van der Waals surface area contributed by atoms with Gasteiger partial charge in [-0.15, -0.1) is 4.31 Å². The molecule has 1 unspecified atom stereocenters. The lowest BCUT2D eigenvalue weighted by molar-refractivity contribution is -0.114. The van der Waals surface area contributed by atoms with Crippen LogP contribution < -0.4 is 11.0 Å². The molecule has 0 bridgehead atoms. The lowest BCUT2D eigenvalue weighted by Crippen LogP contribution is -2.40. The van der Waals surface area contributed by atoms with Crippen molar-refractivity contribution < 1.29 is 13.6 Å². The number of amides is 1. The standard InChI is InChI=1S/C21H30N6O4S/c1-17(28)22-18-6-8-19(9-7-18)32(30,31)25-11-4-10-24(13-15-25)14-16-27-21(29)26-12-3-2-5-20(26)23-27/h6-9H,2-5,10-16H2,1H3,(H-,22,28,30,31). The first kappa shape index (κ1) is 22.8. The van der Waals surface area contributed by atoms with Gasteiger partial charge in [-0.05, 0) is 50.1 Å². The molecular weight excluding hydrogens is 432 g/mol. The Morgan fingerprint density at radius 3 is 2.56 bits per heavy atom. The van der Waals surface area contributed by atoms with Gasteiger partial charge in [-0.1, -0.05) is 4.21 Å². The molecule has 0 radical (unpaired) electrons. The van der Waals surface area contributed by atoms with Crippen molar-refractivity contribution in [3.8, 4) is 0 Å². The molecule has 1 aromatic carbocycles. The molecule has 1 aromatic heterocycles. The SMILES string of the molecule is CC(=O)Nc1ccc([S+](=O)([O-])N2CCCN(CCn3nc4n(c3=O)CCCC4)CC2)cc1. The molecule has 174 valence electrons. The Labute approximate surface area is 188 Å². The van der Waals surface area contributed by atoms with Crippen LogP contribution in [0, 0.1) is 0 Å². The van der Waals surface area contributed by atoms with E-state index in [0.29, 0.717) is 38.4 Å². The summed E-state index contributed by atoms with van der Waals surface area (Å²) in [5.74, 6) is 0.671. The van der Waals surface area contributed by atoms with Gasteiger partial charge >= 0.3 is 5.69 Å². The summed E-state index contributed by atoms with van der Waals surface area (Å²) in [6.45, 7) is 5.55. The molecule has 11 heteroatoms. The Balaban J connectivity index is 1.35. The summed E-state index contributed by atoms with van der Waals surface area (Å²) in [5, 5.41) is 7.13. The third-order valence-corrected chi connectivity index (χ3v) is 7.93. The van der Waals surface area contributed by atoms with Crippen molar-refractivity contribution in [3.63, 3.8) is 0 Å². The molecule has 1 fully saturated rings. The van der Waals surface area contributed by atoms with Gasteiger partial charge in [-0.25, -0.2) is 9.48 Å². The topological polar surface area (TPSA) is 116 Å². The second kappa shape index (κ2) is 9.65. The average molecular weight is 463 g/mol. The van der Waals surface area contributed by atoms with Crippen molar-refractivity contribution >= 4 is 22.0 Å². The molecule has 4 rings (SSSR count). The predicted octanol–water partition coefficient (Wildman–Crippen LogP) is 0.951. The Bertz CT molecular complexity index is 1060. The lowest BCUT2D eigenvalue weighted by Gasteiger charge is -2.26. The van der Waals surface area contributed by atoms with Gasteiger partial charge in [0.15, 0.2) is 15.3 Å². The van der Waals surface area contributed by atoms with E-state index < -0.39 is 10.4 Å². The number of rotatable bonds is 6. The molecule has 1 saturated heterocycles. The first-order valence-electron chi connectivity index (χ1n) is 11.1. The minimum atomic E-state index is -3.61. The summed E-state index contributed by atoms with van der Waals surface area (Å²) in [5.41, 5.74) is 0.524. The quantitative estimate of drug-likeness (QED) is 0.639.